The lowest BCUT2D eigenvalue weighted by Crippen LogP contribution is -2.26. The first-order chi connectivity index (χ1) is 10.5. The normalized spacial score (nSPS) is 14.1. The topological polar surface area (TPSA) is 96.8 Å². The van der Waals surface area contributed by atoms with Gasteiger partial charge in [0.1, 0.15) is 22.8 Å². The lowest BCUT2D eigenvalue weighted by molar-refractivity contribution is 0.0694. The molecule has 0 aromatic carbocycles. The number of nitrogens with zero attached hydrogens (tertiary/aromatic N) is 2. The molecule has 7 nitrogen and oxygen atoms in total. The average molecular weight is 304 g/mol. The van der Waals surface area contributed by atoms with Crippen LogP contribution in [0.2, 0.25) is 0 Å². The first-order valence-electron chi connectivity index (χ1n) is 7.00. The number of aromatic carboxylic acids is 1. The van der Waals surface area contributed by atoms with Crippen molar-refractivity contribution in [3.63, 3.8) is 0 Å². The fraction of sp³-hybridized carbons (Fsp3) is 0.400. The third-order valence-electron chi connectivity index (χ3n) is 3.67. The van der Waals surface area contributed by atoms with Crippen molar-refractivity contribution in [1.82, 2.24) is 10.1 Å². The predicted molar refractivity (Wildman–Crippen MR) is 74.7 cm³/mol. The number of hydrogen-bond donors (Lipinski definition) is 1. The maximum Gasteiger partial charge on any atom is 0.339 e. The molecule has 1 N–H and O–H groups in total. The highest BCUT2D eigenvalue weighted by atomic mass is 16.5. The van der Waals surface area contributed by atoms with Crippen LogP contribution < -0.4 is 0 Å². The number of aryl methyl sites for hydroxylation is 1. The van der Waals surface area contributed by atoms with E-state index in [1.165, 1.54) is 11.0 Å². The fourth-order valence-electron chi connectivity index (χ4n) is 2.29. The van der Waals surface area contributed by atoms with Gasteiger partial charge in [-0.1, -0.05) is 5.16 Å². The molecule has 116 valence electrons. The van der Waals surface area contributed by atoms with Crippen LogP contribution in [0.5, 0.6) is 0 Å². The van der Waals surface area contributed by atoms with E-state index in [0.29, 0.717) is 17.4 Å². The van der Waals surface area contributed by atoms with Gasteiger partial charge in [-0.05, 0) is 25.8 Å². The first-order valence-corrected chi connectivity index (χ1v) is 7.00. The molecule has 3 rings (SSSR count). The summed E-state index contributed by atoms with van der Waals surface area (Å²) in [6.45, 7) is 1.74. The van der Waals surface area contributed by atoms with Crippen molar-refractivity contribution in [3.8, 4) is 0 Å². The van der Waals surface area contributed by atoms with Gasteiger partial charge in [0.25, 0.3) is 5.91 Å². The van der Waals surface area contributed by atoms with E-state index in [9.17, 15) is 9.59 Å². The number of furan rings is 1. The van der Waals surface area contributed by atoms with E-state index in [2.05, 4.69) is 5.16 Å². The Morgan fingerprint density at radius 2 is 2.14 bits per heavy atom. The Balaban J connectivity index is 1.70. The summed E-state index contributed by atoms with van der Waals surface area (Å²) in [7, 11) is 1.60. The molecule has 0 bridgehead atoms. The lowest BCUT2D eigenvalue weighted by atomic mass is 10.2. The van der Waals surface area contributed by atoms with E-state index in [1.807, 2.05) is 0 Å². The smallest absolute Gasteiger partial charge is 0.339 e. The number of carboxylic acids is 1. The summed E-state index contributed by atoms with van der Waals surface area (Å²) in [6.07, 6.45) is 2.14. The van der Waals surface area contributed by atoms with Crippen LogP contribution >= 0.6 is 0 Å². The standard InChI is InChI=1S/C15H16N2O5/c1-8-11(15(19)20)5-10(21-8)7-17(2)14(18)12-6-13(22-16-12)9-3-4-9/h5-6,9H,3-4,7H2,1-2H3,(H,19,20). The Hall–Kier alpha value is -2.57. The second kappa shape index (κ2) is 5.32. The van der Waals surface area contributed by atoms with Crippen LogP contribution in [0.15, 0.2) is 21.1 Å². The molecule has 7 heteroatoms. The first kappa shape index (κ1) is 14.4. The van der Waals surface area contributed by atoms with Gasteiger partial charge in [0.05, 0.1) is 6.54 Å². The van der Waals surface area contributed by atoms with Gasteiger partial charge in [-0.2, -0.15) is 0 Å². The summed E-state index contributed by atoms with van der Waals surface area (Å²) in [6, 6.07) is 3.10. The number of carbonyl (C=O) groups is 2. The van der Waals surface area contributed by atoms with Crippen molar-refractivity contribution in [2.45, 2.75) is 32.2 Å². The SMILES string of the molecule is Cc1oc(CN(C)C(=O)c2cc(C3CC3)on2)cc1C(=O)O. The second-order valence-corrected chi connectivity index (χ2v) is 5.54. The van der Waals surface area contributed by atoms with E-state index >= 15 is 0 Å². The van der Waals surface area contributed by atoms with Crippen molar-refractivity contribution in [2.75, 3.05) is 7.05 Å². The van der Waals surface area contributed by atoms with Crippen LogP contribution in [-0.4, -0.2) is 34.1 Å². The second-order valence-electron chi connectivity index (χ2n) is 5.54. The van der Waals surface area contributed by atoms with Crippen molar-refractivity contribution < 1.29 is 23.6 Å². The molecule has 0 saturated heterocycles. The quantitative estimate of drug-likeness (QED) is 0.911. The summed E-state index contributed by atoms with van der Waals surface area (Å²) >= 11 is 0. The molecule has 0 radical (unpaired) electrons. The third-order valence-corrected chi connectivity index (χ3v) is 3.67. The van der Waals surface area contributed by atoms with Crippen LogP contribution in [0.4, 0.5) is 0 Å². The Bertz CT molecular complexity index is 726. The molecule has 1 aliphatic rings. The molecule has 2 aromatic rings. The fourth-order valence-corrected chi connectivity index (χ4v) is 2.29. The van der Waals surface area contributed by atoms with Gasteiger partial charge in [-0.25, -0.2) is 4.79 Å². The molecule has 1 aliphatic carbocycles. The molecule has 2 heterocycles. The van der Waals surface area contributed by atoms with Crippen LogP contribution in [0, 0.1) is 6.92 Å². The summed E-state index contributed by atoms with van der Waals surface area (Å²) in [5, 5.41) is 12.8. The zero-order chi connectivity index (χ0) is 15.9. The van der Waals surface area contributed by atoms with Crippen LogP contribution in [0.1, 0.15) is 56.9 Å². The predicted octanol–water partition coefficient (Wildman–Crippen LogP) is 2.42. The summed E-state index contributed by atoms with van der Waals surface area (Å²) < 4.78 is 10.5. The Morgan fingerprint density at radius 1 is 1.41 bits per heavy atom. The van der Waals surface area contributed by atoms with Crippen LogP contribution in [0.3, 0.4) is 0 Å². The maximum atomic E-state index is 12.3. The number of aromatic nitrogens is 1. The molecule has 0 atom stereocenters. The van der Waals surface area contributed by atoms with Crippen molar-refractivity contribution in [2.24, 2.45) is 0 Å². The monoisotopic (exact) mass is 304 g/mol. The molecule has 0 spiro atoms. The van der Waals surface area contributed by atoms with E-state index in [4.69, 9.17) is 14.0 Å². The third kappa shape index (κ3) is 2.74. The highest BCUT2D eigenvalue weighted by molar-refractivity contribution is 5.92. The molecule has 1 amide bonds. The van der Waals surface area contributed by atoms with Crippen LogP contribution in [0.25, 0.3) is 0 Å². The molecular formula is C15H16N2O5. The Kier molecular flexibility index (Phi) is 3.48. The molecule has 2 aromatic heterocycles. The van der Waals surface area contributed by atoms with Crippen molar-refractivity contribution >= 4 is 11.9 Å². The zero-order valence-corrected chi connectivity index (χ0v) is 12.3. The van der Waals surface area contributed by atoms with Gasteiger partial charge < -0.3 is 18.9 Å². The number of rotatable bonds is 5. The van der Waals surface area contributed by atoms with Gasteiger partial charge in [0.2, 0.25) is 0 Å². The molecule has 22 heavy (non-hydrogen) atoms. The summed E-state index contributed by atoms with van der Waals surface area (Å²) in [5.41, 5.74) is 0.361. The molecule has 0 aliphatic heterocycles. The summed E-state index contributed by atoms with van der Waals surface area (Å²) in [5.74, 6) is 0.537. The van der Waals surface area contributed by atoms with E-state index < -0.39 is 5.97 Å². The molecule has 0 unspecified atom stereocenters. The zero-order valence-electron chi connectivity index (χ0n) is 12.3. The van der Waals surface area contributed by atoms with E-state index in [-0.39, 0.29) is 23.7 Å². The minimum absolute atomic E-state index is 0.105. The Morgan fingerprint density at radius 3 is 2.73 bits per heavy atom. The van der Waals surface area contributed by atoms with Gasteiger partial charge in [-0.3, -0.25) is 4.79 Å². The highest BCUT2D eigenvalue weighted by Gasteiger charge is 2.29. The van der Waals surface area contributed by atoms with Gasteiger partial charge in [0, 0.05) is 19.0 Å². The minimum atomic E-state index is -1.05. The van der Waals surface area contributed by atoms with Gasteiger partial charge in [-0.15, -0.1) is 0 Å². The Labute approximate surface area is 126 Å². The molecule has 1 fully saturated rings. The van der Waals surface area contributed by atoms with E-state index in [0.717, 1.165) is 18.6 Å². The molecule has 1 saturated carbocycles. The van der Waals surface area contributed by atoms with E-state index in [1.54, 1.807) is 20.0 Å². The van der Waals surface area contributed by atoms with Crippen molar-refractivity contribution in [1.29, 1.82) is 0 Å². The van der Waals surface area contributed by atoms with Gasteiger partial charge >= 0.3 is 5.97 Å². The van der Waals surface area contributed by atoms with Crippen LogP contribution in [-0.2, 0) is 6.54 Å². The summed E-state index contributed by atoms with van der Waals surface area (Å²) in [4.78, 5) is 24.7. The maximum absolute atomic E-state index is 12.3. The number of amides is 1. The minimum Gasteiger partial charge on any atom is -0.478 e. The highest BCUT2D eigenvalue weighted by Crippen LogP contribution is 2.40. The number of carbonyl (C=O) groups excluding carboxylic acids is 1. The largest absolute Gasteiger partial charge is 0.478 e. The lowest BCUT2D eigenvalue weighted by Gasteiger charge is -2.13. The number of hydrogen-bond acceptors (Lipinski definition) is 5. The van der Waals surface area contributed by atoms with Gasteiger partial charge in [0.15, 0.2) is 5.69 Å². The molecular weight excluding hydrogens is 288 g/mol. The average Bonchev–Trinajstić information content (AvgIpc) is 3.08. The van der Waals surface area contributed by atoms with Crippen molar-refractivity contribution in [3.05, 3.63) is 40.7 Å². The number of carboxylic acid groups (broad SMARTS) is 1.